The number of hydrogen-bond acceptors (Lipinski definition) is 3. The third-order valence-electron chi connectivity index (χ3n) is 3.94. The number of amides is 1. The molecule has 0 bridgehead atoms. The summed E-state index contributed by atoms with van der Waals surface area (Å²) >= 11 is 0. The topological polar surface area (TPSA) is 66.8 Å². The summed E-state index contributed by atoms with van der Waals surface area (Å²) in [4.78, 5) is 24.2. The van der Waals surface area contributed by atoms with E-state index in [0.29, 0.717) is 25.9 Å². The Kier molecular flexibility index (Phi) is 5.73. The first-order chi connectivity index (χ1) is 11.0. The predicted octanol–water partition coefficient (Wildman–Crippen LogP) is 3.16. The molecule has 1 aromatic rings. The van der Waals surface area contributed by atoms with Gasteiger partial charge in [0.05, 0.1) is 6.61 Å². The van der Waals surface area contributed by atoms with Crippen molar-refractivity contribution in [3.8, 4) is 0 Å². The van der Waals surface area contributed by atoms with E-state index in [1.54, 1.807) is 19.1 Å². The molecule has 23 heavy (non-hydrogen) atoms. The molecule has 0 aliphatic carbocycles. The molecule has 1 heterocycles. The van der Waals surface area contributed by atoms with Crippen LogP contribution < -0.4 is 0 Å². The minimum atomic E-state index is -0.929. The van der Waals surface area contributed by atoms with Gasteiger partial charge in [0.25, 0.3) is 0 Å². The maximum atomic E-state index is 13.1. The molecule has 1 aliphatic heterocycles. The molecule has 1 N–H and O–H groups in total. The maximum Gasteiger partial charge on any atom is 0.407 e. The van der Waals surface area contributed by atoms with E-state index in [1.807, 2.05) is 0 Å². The Labute approximate surface area is 134 Å². The molecule has 6 heteroatoms. The number of benzene rings is 1. The van der Waals surface area contributed by atoms with Crippen molar-refractivity contribution in [2.45, 2.75) is 19.8 Å². The summed E-state index contributed by atoms with van der Waals surface area (Å²) in [5.41, 5.74) is 1.53. The molecule has 1 aromatic carbocycles. The van der Waals surface area contributed by atoms with Gasteiger partial charge < -0.3 is 14.7 Å². The number of hydrogen-bond donors (Lipinski definition) is 1. The summed E-state index contributed by atoms with van der Waals surface area (Å²) in [7, 11) is 0. The van der Waals surface area contributed by atoms with Gasteiger partial charge in [-0.25, -0.2) is 14.0 Å². The largest absolute Gasteiger partial charge is 0.465 e. The Hall–Kier alpha value is -2.37. The summed E-state index contributed by atoms with van der Waals surface area (Å²) in [6, 6.07) is 5.95. The summed E-state index contributed by atoms with van der Waals surface area (Å²) < 4.78 is 18.1. The van der Waals surface area contributed by atoms with Gasteiger partial charge in [-0.2, -0.15) is 0 Å². The lowest BCUT2D eigenvalue weighted by Crippen LogP contribution is -2.37. The van der Waals surface area contributed by atoms with Crippen LogP contribution in [0.25, 0.3) is 5.57 Å². The van der Waals surface area contributed by atoms with Crippen LogP contribution in [-0.4, -0.2) is 41.8 Å². The van der Waals surface area contributed by atoms with Crippen LogP contribution in [-0.2, 0) is 9.53 Å². The normalized spacial score (nSPS) is 16.3. The second kappa shape index (κ2) is 7.76. The van der Waals surface area contributed by atoms with Crippen molar-refractivity contribution in [1.82, 2.24) is 4.90 Å². The summed E-state index contributed by atoms with van der Waals surface area (Å²) in [5, 5.41) is 9.02. The maximum absolute atomic E-state index is 13.1. The SMILES string of the molecule is CCOC(=O)C=C(c1ccc(F)cc1)C1CCN(C(=O)O)CC1. The number of piperidine rings is 1. The lowest BCUT2D eigenvalue weighted by atomic mass is 9.85. The Balaban J connectivity index is 2.22. The van der Waals surface area contributed by atoms with Crippen molar-refractivity contribution >= 4 is 17.6 Å². The van der Waals surface area contributed by atoms with Gasteiger partial charge in [-0.1, -0.05) is 12.1 Å². The van der Waals surface area contributed by atoms with Gasteiger partial charge in [-0.05, 0) is 49.0 Å². The van der Waals surface area contributed by atoms with Crippen LogP contribution in [0.15, 0.2) is 30.3 Å². The van der Waals surface area contributed by atoms with E-state index >= 15 is 0 Å². The Morgan fingerprint density at radius 3 is 2.43 bits per heavy atom. The molecule has 0 unspecified atom stereocenters. The molecule has 1 fully saturated rings. The van der Waals surface area contributed by atoms with Crippen molar-refractivity contribution in [2.24, 2.45) is 5.92 Å². The zero-order chi connectivity index (χ0) is 16.8. The van der Waals surface area contributed by atoms with E-state index < -0.39 is 12.1 Å². The quantitative estimate of drug-likeness (QED) is 0.683. The number of esters is 1. The van der Waals surface area contributed by atoms with E-state index in [4.69, 9.17) is 9.84 Å². The van der Waals surface area contributed by atoms with Crippen LogP contribution in [0.5, 0.6) is 0 Å². The molecule has 5 nitrogen and oxygen atoms in total. The Morgan fingerprint density at radius 1 is 1.30 bits per heavy atom. The number of halogens is 1. The highest BCUT2D eigenvalue weighted by Gasteiger charge is 2.26. The van der Waals surface area contributed by atoms with Gasteiger partial charge in [0.2, 0.25) is 0 Å². The lowest BCUT2D eigenvalue weighted by molar-refractivity contribution is -0.137. The molecular weight excluding hydrogens is 301 g/mol. The van der Waals surface area contributed by atoms with Crippen LogP contribution in [0.1, 0.15) is 25.3 Å². The third kappa shape index (κ3) is 4.55. The van der Waals surface area contributed by atoms with Crippen LogP contribution in [0.3, 0.4) is 0 Å². The third-order valence-corrected chi connectivity index (χ3v) is 3.94. The predicted molar refractivity (Wildman–Crippen MR) is 83.3 cm³/mol. The molecule has 0 spiro atoms. The molecule has 0 saturated carbocycles. The van der Waals surface area contributed by atoms with Crippen LogP contribution >= 0.6 is 0 Å². The Bertz CT molecular complexity index is 589. The highest BCUT2D eigenvalue weighted by Crippen LogP contribution is 2.32. The van der Waals surface area contributed by atoms with Gasteiger partial charge >= 0.3 is 12.1 Å². The van der Waals surface area contributed by atoms with Gasteiger partial charge in [0.15, 0.2) is 0 Å². The molecule has 0 atom stereocenters. The molecule has 0 radical (unpaired) electrons. The van der Waals surface area contributed by atoms with E-state index in [-0.39, 0.29) is 18.3 Å². The molecule has 1 saturated heterocycles. The molecule has 0 aromatic heterocycles. The van der Waals surface area contributed by atoms with E-state index in [1.165, 1.54) is 23.1 Å². The number of nitrogens with zero attached hydrogens (tertiary/aromatic N) is 1. The van der Waals surface area contributed by atoms with Crippen molar-refractivity contribution < 1.29 is 23.8 Å². The monoisotopic (exact) mass is 321 g/mol. The van der Waals surface area contributed by atoms with Crippen molar-refractivity contribution in [2.75, 3.05) is 19.7 Å². The highest BCUT2D eigenvalue weighted by atomic mass is 19.1. The van der Waals surface area contributed by atoms with E-state index in [2.05, 4.69) is 0 Å². The fraction of sp³-hybridized carbons (Fsp3) is 0.412. The first kappa shape index (κ1) is 17.0. The molecular formula is C17H20FNO4. The van der Waals surface area contributed by atoms with Crippen molar-refractivity contribution in [3.05, 3.63) is 41.7 Å². The minimum absolute atomic E-state index is 0.0421. The standard InChI is InChI=1S/C17H20FNO4/c1-2-23-16(20)11-15(12-3-5-14(18)6-4-12)13-7-9-19(10-8-13)17(21)22/h3-6,11,13H,2,7-10H2,1H3,(H,21,22). The Morgan fingerprint density at radius 2 is 1.91 bits per heavy atom. The van der Waals surface area contributed by atoms with E-state index in [0.717, 1.165) is 11.1 Å². The average Bonchev–Trinajstić information content (AvgIpc) is 2.54. The van der Waals surface area contributed by atoms with Crippen molar-refractivity contribution in [1.29, 1.82) is 0 Å². The minimum Gasteiger partial charge on any atom is -0.465 e. The van der Waals surface area contributed by atoms with Gasteiger partial charge in [0.1, 0.15) is 5.82 Å². The first-order valence-corrected chi connectivity index (χ1v) is 7.63. The van der Waals surface area contributed by atoms with E-state index in [9.17, 15) is 14.0 Å². The zero-order valence-electron chi connectivity index (χ0n) is 13.0. The fourth-order valence-electron chi connectivity index (χ4n) is 2.77. The number of carbonyl (C=O) groups is 2. The van der Waals surface area contributed by atoms with Crippen LogP contribution in [0.2, 0.25) is 0 Å². The number of carboxylic acid groups (broad SMARTS) is 1. The molecule has 1 aliphatic rings. The number of rotatable bonds is 4. The highest BCUT2D eigenvalue weighted by molar-refractivity contribution is 5.92. The lowest BCUT2D eigenvalue weighted by Gasteiger charge is -2.31. The number of carbonyl (C=O) groups excluding carboxylic acids is 1. The molecule has 2 rings (SSSR count). The summed E-state index contributed by atoms with van der Waals surface area (Å²) in [6.45, 7) is 2.85. The zero-order valence-corrected chi connectivity index (χ0v) is 13.0. The molecule has 124 valence electrons. The summed E-state index contributed by atoms with van der Waals surface area (Å²) in [5.74, 6) is -0.738. The van der Waals surface area contributed by atoms with Crippen LogP contribution in [0, 0.1) is 11.7 Å². The first-order valence-electron chi connectivity index (χ1n) is 7.63. The smallest absolute Gasteiger partial charge is 0.407 e. The molecule has 1 amide bonds. The van der Waals surface area contributed by atoms with Crippen LogP contribution in [0.4, 0.5) is 9.18 Å². The van der Waals surface area contributed by atoms with Gasteiger partial charge in [-0.3, -0.25) is 0 Å². The number of ether oxygens (including phenoxy) is 1. The second-order valence-corrected chi connectivity index (χ2v) is 5.40. The van der Waals surface area contributed by atoms with Gasteiger partial charge in [0, 0.05) is 19.2 Å². The van der Waals surface area contributed by atoms with Crippen molar-refractivity contribution in [3.63, 3.8) is 0 Å². The number of allylic oxidation sites excluding steroid dienone is 1. The number of likely N-dealkylation sites (tertiary alicyclic amines) is 1. The van der Waals surface area contributed by atoms with Gasteiger partial charge in [-0.15, -0.1) is 0 Å². The second-order valence-electron chi connectivity index (χ2n) is 5.40. The average molecular weight is 321 g/mol. The summed E-state index contributed by atoms with van der Waals surface area (Å²) in [6.07, 6.45) is 1.75. The fourth-order valence-corrected chi connectivity index (χ4v) is 2.77.